The van der Waals surface area contributed by atoms with E-state index in [0.717, 1.165) is 0 Å². The van der Waals surface area contributed by atoms with Gasteiger partial charge in [0.25, 0.3) is 5.91 Å². The highest BCUT2D eigenvalue weighted by Gasteiger charge is 2.42. The lowest BCUT2D eigenvalue weighted by Gasteiger charge is -2.35. The fourth-order valence-corrected chi connectivity index (χ4v) is 4.36. The van der Waals surface area contributed by atoms with Gasteiger partial charge < -0.3 is 19.7 Å². The molecule has 1 aliphatic heterocycles. The van der Waals surface area contributed by atoms with Gasteiger partial charge in [-0.15, -0.1) is 0 Å². The Hall–Kier alpha value is -3.95. The van der Waals surface area contributed by atoms with Crippen LogP contribution in [0, 0.1) is 11.2 Å². The Bertz CT molecular complexity index is 1260. The number of hydrogen-bond acceptors (Lipinski definition) is 6. The number of esters is 1. The zero-order valence-corrected chi connectivity index (χ0v) is 24.0. The van der Waals surface area contributed by atoms with Crippen molar-refractivity contribution in [1.82, 2.24) is 10.2 Å². The third kappa shape index (κ3) is 8.27. The Labute approximate surface area is 234 Å². The van der Waals surface area contributed by atoms with Gasteiger partial charge in [0.05, 0.1) is 19.6 Å². The third-order valence-electron chi connectivity index (χ3n) is 6.24. The molecular formula is C30H38FN3O6. The molecule has 10 heteroatoms. The molecule has 1 N–H and O–H groups in total. The van der Waals surface area contributed by atoms with Gasteiger partial charge in [0.2, 0.25) is 5.91 Å². The predicted octanol–water partition coefficient (Wildman–Crippen LogP) is 4.57. The van der Waals surface area contributed by atoms with Crippen LogP contribution < -0.4 is 10.2 Å². The predicted molar refractivity (Wildman–Crippen MR) is 148 cm³/mol. The van der Waals surface area contributed by atoms with Crippen LogP contribution in [-0.4, -0.2) is 53.6 Å². The number of nitrogens with zero attached hydrogens (tertiary/aromatic N) is 2. The summed E-state index contributed by atoms with van der Waals surface area (Å²) in [6.45, 7) is 10.4. The molecule has 40 heavy (non-hydrogen) atoms. The van der Waals surface area contributed by atoms with Crippen molar-refractivity contribution in [2.24, 2.45) is 5.41 Å². The molecule has 9 nitrogen and oxygen atoms in total. The second-order valence-electron chi connectivity index (χ2n) is 11.7. The van der Waals surface area contributed by atoms with Crippen LogP contribution in [-0.2, 0) is 36.9 Å². The van der Waals surface area contributed by atoms with E-state index < -0.39 is 46.8 Å². The van der Waals surface area contributed by atoms with E-state index in [0.29, 0.717) is 16.8 Å². The first-order chi connectivity index (χ1) is 18.7. The average molecular weight is 556 g/mol. The molecule has 1 unspecified atom stereocenters. The van der Waals surface area contributed by atoms with Gasteiger partial charge >= 0.3 is 12.1 Å². The summed E-state index contributed by atoms with van der Waals surface area (Å²) in [6.07, 6.45) is -1.09. The van der Waals surface area contributed by atoms with Crippen LogP contribution in [0.1, 0.15) is 59.1 Å². The van der Waals surface area contributed by atoms with Crippen molar-refractivity contribution < 1.29 is 33.0 Å². The van der Waals surface area contributed by atoms with Crippen LogP contribution in [0.5, 0.6) is 0 Å². The molecule has 1 aliphatic rings. The minimum absolute atomic E-state index is 0.0307. The molecule has 0 bridgehead atoms. The van der Waals surface area contributed by atoms with Crippen LogP contribution in [0.15, 0.2) is 48.5 Å². The molecule has 3 rings (SSSR count). The molecule has 0 saturated heterocycles. The highest BCUT2D eigenvalue weighted by atomic mass is 19.1. The molecule has 2 aromatic carbocycles. The summed E-state index contributed by atoms with van der Waals surface area (Å²) in [7, 11) is 0. The minimum atomic E-state index is -1.20. The maximum absolute atomic E-state index is 14.2. The van der Waals surface area contributed by atoms with Crippen molar-refractivity contribution in [3.63, 3.8) is 0 Å². The second kappa shape index (κ2) is 12.5. The van der Waals surface area contributed by atoms with Gasteiger partial charge in [-0.2, -0.15) is 0 Å². The number of nitrogens with one attached hydrogen (secondary N) is 1. The molecule has 1 heterocycles. The first-order valence-corrected chi connectivity index (χ1v) is 13.2. The number of halogens is 1. The van der Waals surface area contributed by atoms with Crippen molar-refractivity contribution in [1.29, 1.82) is 0 Å². The summed E-state index contributed by atoms with van der Waals surface area (Å²) in [4.78, 5) is 55.0. The maximum atomic E-state index is 14.2. The summed E-state index contributed by atoms with van der Waals surface area (Å²) in [5.74, 6) is -1.90. The molecule has 0 radical (unpaired) electrons. The monoisotopic (exact) mass is 555 g/mol. The molecule has 1 atom stereocenters. The summed E-state index contributed by atoms with van der Waals surface area (Å²) >= 11 is 0. The number of amides is 3. The molecule has 0 fully saturated rings. The fraction of sp³-hybridized carbons (Fsp3) is 0.467. The van der Waals surface area contributed by atoms with Crippen LogP contribution in [0.2, 0.25) is 0 Å². The highest BCUT2D eigenvalue weighted by Crippen LogP contribution is 2.33. The van der Waals surface area contributed by atoms with Gasteiger partial charge in [-0.3, -0.25) is 19.3 Å². The molecule has 3 amide bonds. The largest absolute Gasteiger partial charge is 0.465 e. The normalized spacial score (nSPS) is 15.7. The first-order valence-electron chi connectivity index (χ1n) is 13.2. The summed E-state index contributed by atoms with van der Waals surface area (Å²) in [5, 5.41) is 2.67. The van der Waals surface area contributed by atoms with E-state index in [2.05, 4.69) is 5.32 Å². The number of anilines is 1. The Kier molecular flexibility index (Phi) is 9.55. The van der Waals surface area contributed by atoms with Gasteiger partial charge in [0.1, 0.15) is 17.5 Å². The molecule has 0 saturated carbocycles. The first kappa shape index (κ1) is 30.6. The summed E-state index contributed by atoms with van der Waals surface area (Å²) < 4.78 is 25.0. The molecule has 2 aromatic rings. The molecule has 0 aromatic heterocycles. The van der Waals surface area contributed by atoms with Crippen LogP contribution in [0.4, 0.5) is 14.9 Å². The lowest BCUT2D eigenvalue weighted by Crippen LogP contribution is -2.53. The van der Waals surface area contributed by atoms with E-state index in [1.807, 2.05) is 19.9 Å². The van der Waals surface area contributed by atoms with E-state index in [4.69, 9.17) is 9.47 Å². The van der Waals surface area contributed by atoms with Crippen molar-refractivity contribution in [2.45, 2.75) is 72.7 Å². The number of hydrogen-bond donors (Lipinski definition) is 1. The van der Waals surface area contributed by atoms with Crippen molar-refractivity contribution in [3.05, 3.63) is 65.5 Å². The zero-order chi connectivity index (χ0) is 29.7. The average Bonchev–Trinajstić information content (AvgIpc) is 2.96. The Morgan fingerprint density at radius 3 is 2.33 bits per heavy atom. The Balaban J connectivity index is 1.96. The number of carbonyl (C=O) groups is 4. The summed E-state index contributed by atoms with van der Waals surface area (Å²) in [5.41, 5.74) is 0.0986. The van der Waals surface area contributed by atoms with E-state index >= 15 is 0 Å². The lowest BCUT2D eigenvalue weighted by molar-refractivity contribution is -0.143. The number of para-hydroxylation sites is 1. The SMILES string of the molecule is CC(=O)OCC(C)(C)CN1C(=O)C(CC(=O)NCc2ccccc2F)N(C(=O)OC(C)(C)C)Cc2ccccc21. The highest BCUT2D eigenvalue weighted by molar-refractivity contribution is 6.02. The number of benzene rings is 2. The number of carbonyl (C=O) groups excluding carboxylic acids is 4. The molecule has 0 aliphatic carbocycles. The molecular weight excluding hydrogens is 517 g/mol. The van der Waals surface area contributed by atoms with Gasteiger partial charge in [-0.25, -0.2) is 9.18 Å². The molecule has 0 spiro atoms. The number of rotatable bonds is 8. The summed E-state index contributed by atoms with van der Waals surface area (Å²) in [6, 6.07) is 12.1. The number of fused-ring (bicyclic) bond motifs is 1. The quantitative estimate of drug-likeness (QED) is 0.479. The van der Waals surface area contributed by atoms with Crippen molar-refractivity contribution in [2.75, 3.05) is 18.1 Å². The van der Waals surface area contributed by atoms with E-state index in [1.165, 1.54) is 22.8 Å². The third-order valence-corrected chi connectivity index (χ3v) is 6.24. The fourth-order valence-electron chi connectivity index (χ4n) is 4.36. The standard InChI is InChI=1S/C30H38FN3O6/c1-20(35)39-19-30(5,6)18-34-24-14-10-8-12-22(24)17-33(28(38)40-29(2,3)4)25(27(34)37)15-26(36)32-16-21-11-7-9-13-23(21)31/h7-14,25H,15-19H2,1-6H3,(H,32,36). The zero-order valence-electron chi connectivity index (χ0n) is 24.0. The van der Waals surface area contributed by atoms with Crippen molar-refractivity contribution in [3.8, 4) is 0 Å². The van der Waals surface area contributed by atoms with Gasteiger partial charge in [-0.05, 0) is 38.5 Å². The van der Waals surface area contributed by atoms with E-state index in [-0.39, 0.29) is 32.7 Å². The van der Waals surface area contributed by atoms with Gasteiger partial charge in [0, 0.05) is 36.7 Å². The van der Waals surface area contributed by atoms with E-state index in [1.54, 1.807) is 57.2 Å². The molecule has 216 valence electrons. The Morgan fingerprint density at radius 1 is 1.02 bits per heavy atom. The maximum Gasteiger partial charge on any atom is 0.411 e. The van der Waals surface area contributed by atoms with Crippen LogP contribution in [0.25, 0.3) is 0 Å². The van der Waals surface area contributed by atoms with Crippen LogP contribution in [0.3, 0.4) is 0 Å². The minimum Gasteiger partial charge on any atom is -0.465 e. The lowest BCUT2D eigenvalue weighted by atomic mass is 9.93. The smallest absolute Gasteiger partial charge is 0.411 e. The van der Waals surface area contributed by atoms with E-state index in [9.17, 15) is 23.6 Å². The Morgan fingerprint density at radius 2 is 1.68 bits per heavy atom. The topological polar surface area (TPSA) is 105 Å². The second-order valence-corrected chi connectivity index (χ2v) is 11.7. The van der Waals surface area contributed by atoms with Crippen molar-refractivity contribution >= 4 is 29.6 Å². The van der Waals surface area contributed by atoms with Crippen LogP contribution >= 0.6 is 0 Å². The van der Waals surface area contributed by atoms with Gasteiger partial charge in [0.15, 0.2) is 0 Å². The number of ether oxygens (including phenoxy) is 2. The van der Waals surface area contributed by atoms with Gasteiger partial charge in [-0.1, -0.05) is 50.2 Å².